The molecular formula is C56H82O18. The Morgan fingerprint density at radius 3 is 1.22 bits per heavy atom. The van der Waals surface area contributed by atoms with E-state index in [2.05, 4.69) is 27.7 Å². The third kappa shape index (κ3) is 11.6. The van der Waals surface area contributed by atoms with Crippen molar-refractivity contribution in [2.75, 3.05) is 33.5 Å². The molecule has 18 heteroatoms. The number of rotatable bonds is 14. The molecule has 6 saturated carbocycles. The predicted octanol–water partition coefficient (Wildman–Crippen LogP) is 6.45. The van der Waals surface area contributed by atoms with Crippen molar-refractivity contribution in [1.29, 1.82) is 0 Å². The SMILES string of the molecule is CC(OC(=O)C1CCC2(C)OC2C1)C(=O)OCC1CCC2(C)OC2C1.CCOC(=O)C1CC2(C)OC2CC1C(=O)OCC1CCC2(C)OC2C1.COC(=O)C1CC2(C)OC2CC1C(=O)OCC1CCC2(C)OC2C1. The molecule has 0 spiro atoms. The maximum absolute atomic E-state index is 12.7. The molecule has 12 fully saturated rings. The van der Waals surface area contributed by atoms with E-state index in [0.717, 1.165) is 70.6 Å². The molecule has 6 aliphatic heterocycles. The Balaban J connectivity index is 0.000000127. The summed E-state index contributed by atoms with van der Waals surface area (Å²) in [7, 11) is 1.36. The third-order valence-corrected chi connectivity index (χ3v) is 19.7. The molecule has 6 saturated heterocycles. The average molecular weight is 1040 g/mol. The normalized spacial score (nSPS) is 47.1. The fourth-order valence-corrected chi connectivity index (χ4v) is 13.6. The van der Waals surface area contributed by atoms with Gasteiger partial charge < -0.3 is 56.8 Å². The minimum absolute atomic E-state index is 0.0251. The van der Waals surface area contributed by atoms with Crippen molar-refractivity contribution in [2.24, 2.45) is 47.3 Å². The van der Waals surface area contributed by atoms with Gasteiger partial charge in [0.05, 0.1) is 133 Å². The molecule has 0 bridgehead atoms. The molecule has 414 valence electrons. The predicted molar refractivity (Wildman–Crippen MR) is 259 cm³/mol. The summed E-state index contributed by atoms with van der Waals surface area (Å²) in [5.74, 6) is -2.91. The molecule has 0 radical (unpaired) electrons. The molecule has 18 nitrogen and oxygen atoms in total. The van der Waals surface area contributed by atoms with Crippen LogP contribution in [0.5, 0.6) is 0 Å². The highest BCUT2D eigenvalue weighted by molar-refractivity contribution is 5.84. The lowest BCUT2D eigenvalue weighted by Crippen LogP contribution is -2.41. The molecular weight excluding hydrogens is 961 g/mol. The van der Waals surface area contributed by atoms with Crippen LogP contribution in [0.1, 0.15) is 158 Å². The summed E-state index contributed by atoms with van der Waals surface area (Å²) in [5, 5.41) is 0. The fourth-order valence-electron chi connectivity index (χ4n) is 13.6. The zero-order valence-corrected chi connectivity index (χ0v) is 45.2. The molecule has 0 aromatic rings. The Morgan fingerprint density at radius 1 is 0.446 bits per heavy atom. The Kier molecular flexibility index (Phi) is 14.7. The first-order valence-electron chi connectivity index (χ1n) is 28.0. The van der Waals surface area contributed by atoms with Crippen molar-refractivity contribution in [2.45, 2.75) is 234 Å². The molecule has 0 amide bonds. The van der Waals surface area contributed by atoms with Crippen LogP contribution in [-0.4, -0.2) is 146 Å². The van der Waals surface area contributed by atoms with E-state index in [9.17, 15) is 28.8 Å². The van der Waals surface area contributed by atoms with Crippen molar-refractivity contribution in [1.82, 2.24) is 0 Å². The van der Waals surface area contributed by atoms with Crippen LogP contribution in [0.4, 0.5) is 0 Å². The molecule has 6 aliphatic carbocycles. The van der Waals surface area contributed by atoms with Gasteiger partial charge in [-0.2, -0.15) is 0 Å². The van der Waals surface area contributed by atoms with E-state index < -0.39 is 35.7 Å². The summed E-state index contributed by atoms with van der Waals surface area (Å²) in [6.07, 6.45) is 13.9. The molecule has 12 aliphatic rings. The van der Waals surface area contributed by atoms with Crippen LogP contribution in [0, 0.1) is 47.3 Å². The van der Waals surface area contributed by atoms with Crippen LogP contribution < -0.4 is 0 Å². The minimum Gasteiger partial charge on any atom is -0.469 e. The van der Waals surface area contributed by atoms with E-state index in [1.165, 1.54) is 7.11 Å². The lowest BCUT2D eigenvalue weighted by Gasteiger charge is -2.29. The fraction of sp³-hybridized carbons (Fsp3) is 0.893. The standard InChI is InChI=1S/2C19H28O6.C18H26O6/c1-11(23-17(21)13-5-7-19(3)15(9-13)25-19)16(20)22-10-12-4-6-18(2)14(8-12)24-18;1-4-22-17(21)13-9-19(3)15(25-19)8-12(13)16(20)23-10-11-5-6-18(2)14(7-11)24-18;1-17-5-4-10(6-13(17)23-17)9-22-16(20)11-7-14-18(2,24-14)8-12(11)15(19)21-3/h2*11-15H,4-10H2,1-3H3;10-14H,4-9H2,1-3H3. The van der Waals surface area contributed by atoms with Gasteiger partial charge in [0, 0.05) is 0 Å². The Labute approximate surface area is 435 Å². The van der Waals surface area contributed by atoms with Crippen molar-refractivity contribution in [3.05, 3.63) is 0 Å². The van der Waals surface area contributed by atoms with Crippen LogP contribution in [0.15, 0.2) is 0 Å². The second kappa shape index (κ2) is 20.1. The van der Waals surface area contributed by atoms with Gasteiger partial charge in [0.1, 0.15) is 0 Å². The van der Waals surface area contributed by atoms with E-state index in [0.29, 0.717) is 94.6 Å². The maximum atomic E-state index is 12.7. The smallest absolute Gasteiger partial charge is 0.347 e. The number of carbonyl (C=O) groups excluding carboxylic acids is 6. The first-order chi connectivity index (χ1) is 35.0. The van der Waals surface area contributed by atoms with Gasteiger partial charge in [-0.15, -0.1) is 0 Å². The first kappa shape index (κ1) is 54.0. The Bertz CT molecular complexity index is 2190. The van der Waals surface area contributed by atoms with Gasteiger partial charge in [0.15, 0.2) is 6.10 Å². The summed E-state index contributed by atoms with van der Waals surface area (Å²) < 4.78 is 66.0. The third-order valence-electron chi connectivity index (χ3n) is 19.7. The van der Waals surface area contributed by atoms with Gasteiger partial charge in [-0.1, -0.05) is 0 Å². The molecule has 74 heavy (non-hydrogen) atoms. The van der Waals surface area contributed by atoms with Gasteiger partial charge in [-0.25, -0.2) is 4.79 Å². The molecule has 6 heterocycles. The summed E-state index contributed by atoms with van der Waals surface area (Å²) in [4.78, 5) is 74.0. The molecule has 0 N–H and O–H groups in total. The average Bonchev–Trinajstić information content (AvgIpc) is 4.07. The Hall–Kier alpha value is -3.42. The van der Waals surface area contributed by atoms with Gasteiger partial charge in [0.2, 0.25) is 0 Å². The van der Waals surface area contributed by atoms with Gasteiger partial charge in [-0.05, 0) is 176 Å². The number of hydrogen-bond donors (Lipinski definition) is 0. The molecule has 0 aromatic heterocycles. The number of esters is 6. The summed E-state index contributed by atoms with van der Waals surface area (Å²) in [6, 6.07) is 0. The van der Waals surface area contributed by atoms with Crippen molar-refractivity contribution in [3.63, 3.8) is 0 Å². The van der Waals surface area contributed by atoms with E-state index >= 15 is 0 Å². The monoisotopic (exact) mass is 1040 g/mol. The molecule has 21 atom stereocenters. The van der Waals surface area contributed by atoms with E-state index in [1.807, 2.05) is 13.8 Å². The summed E-state index contributed by atoms with van der Waals surface area (Å²) in [6.45, 7) is 17.4. The number of fused-ring (bicyclic) bond motifs is 6. The molecule has 21 unspecified atom stereocenters. The van der Waals surface area contributed by atoms with Crippen LogP contribution in [0.2, 0.25) is 0 Å². The van der Waals surface area contributed by atoms with E-state index in [4.69, 9.17) is 56.8 Å². The number of carbonyl (C=O) groups is 6. The van der Waals surface area contributed by atoms with Crippen LogP contribution in [0.25, 0.3) is 0 Å². The number of methoxy groups -OCH3 is 1. The highest BCUT2D eigenvalue weighted by Crippen LogP contribution is 2.55. The second-order valence-corrected chi connectivity index (χ2v) is 25.5. The Morgan fingerprint density at radius 2 is 0.811 bits per heavy atom. The van der Waals surface area contributed by atoms with Crippen LogP contribution in [-0.2, 0) is 85.6 Å². The van der Waals surface area contributed by atoms with E-state index in [1.54, 1.807) is 13.8 Å². The lowest BCUT2D eigenvalue weighted by atomic mass is 9.74. The van der Waals surface area contributed by atoms with Crippen LogP contribution >= 0.6 is 0 Å². The lowest BCUT2D eigenvalue weighted by molar-refractivity contribution is -0.170. The van der Waals surface area contributed by atoms with Crippen molar-refractivity contribution >= 4 is 35.8 Å². The van der Waals surface area contributed by atoms with E-state index in [-0.39, 0.29) is 87.7 Å². The zero-order valence-electron chi connectivity index (χ0n) is 45.2. The number of epoxide rings is 6. The largest absolute Gasteiger partial charge is 0.469 e. The van der Waals surface area contributed by atoms with Crippen LogP contribution in [0.3, 0.4) is 0 Å². The van der Waals surface area contributed by atoms with Gasteiger partial charge >= 0.3 is 35.8 Å². The number of ether oxygens (including phenoxy) is 12. The highest BCUT2D eigenvalue weighted by Gasteiger charge is 2.64. The zero-order chi connectivity index (χ0) is 52.8. The van der Waals surface area contributed by atoms with Gasteiger partial charge in [0.25, 0.3) is 0 Å². The molecule has 0 aromatic carbocycles. The van der Waals surface area contributed by atoms with Gasteiger partial charge in [-0.3, -0.25) is 24.0 Å². The maximum Gasteiger partial charge on any atom is 0.347 e. The minimum atomic E-state index is -0.855. The molecule has 12 rings (SSSR count). The van der Waals surface area contributed by atoms with Crippen molar-refractivity contribution < 1.29 is 85.6 Å². The highest BCUT2D eigenvalue weighted by atomic mass is 16.6. The second-order valence-electron chi connectivity index (χ2n) is 25.5. The topological polar surface area (TPSA) is 233 Å². The number of hydrogen-bond acceptors (Lipinski definition) is 18. The summed E-state index contributed by atoms with van der Waals surface area (Å²) in [5.41, 5.74) is -0.342. The first-order valence-corrected chi connectivity index (χ1v) is 28.0. The quantitative estimate of drug-likeness (QED) is 0.103. The summed E-state index contributed by atoms with van der Waals surface area (Å²) >= 11 is 0. The van der Waals surface area contributed by atoms with Crippen molar-refractivity contribution in [3.8, 4) is 0 Å².